The van der Waals surface area contributed by atoms with Gasteiger partial charge >= 0.3 is 5.97 Å². The maximum atomic E-state index is 13.3. The molecule has 0 spiro atoms. The molecule has 1 saturated heterocycles. The van der Waals surface area contributed by atoms with Crippen molar-refractivity contribution in [1.82, 2.24) is 9.21 Å². The van der Waals surface area contributed by atoms with Gasteiger partial charge in [-0.25, -0.2) is 8.42 Å². The van der Waals surface area contributed by atoms with E-state index in [9.17, 15) is 18.3 Å². The van der Waals surface area contributed by atoms with E-state index in [0.717, 1.165) is 39.8 Å². The SMILES string of the molecule is CN(Cc1ccc(-c2ccc(S(=O)(=O)N3CCSC(C)(C)[C@@H]3C(=O)O)cc2)cc1)Cc1ccco1. The summed E-state index contributed by atoms with van der Waals surface area (Å²) >= 11 is 1.48. The van der Waals surface area contributed by atoms with Crippen LogP contribution in [0, 0.1) is 0 Å². The molecule has 1 aliphatic rings. The van der Waals surface area contributed by atoms with Crippen molar-refractivity contribution in [3.8, 4) is 11.1 Å². The fraction of sp³-hybridized carbons (Fsp3) is 0.346. The van der Waals surface area contributed by atoms with Crippen LogP contribution in [0.5, 0.6) is 0 Å². The minimum absolute atomic E-state index is 0.103. The number of thioether (sulfide) groups is 1. The number of nitrogens with zero attached hydrogens (tertiary/aromatic N) is 2. The predicted molar refractivity (Wildman–Crippen MR) is 138 cm³/mol. The van der Waals surface area contributed by atoms with Gasteiger partial charge in [0.2, 0.25) is 10.0 Å². The molecule has 1 N–H and O–H groups in total. The van der Waals surface area contributed by atoms with Crippen LogP contribution in [0.25, 0.3) is 11.1 Å². The van der Waals surface area contributed by atoms with E-state index in [2.05, 4.69) is 17.0 Å². The smallest absolute Gasteiger partial charge is 0.323 e. The van der Waals surface area contributed by atoms with E-state index in [0.29, 0.717) is 5.75 Å². The highest BCUT2D eigenvalue weighted by Crippen LogP contribution is 2.38. The second-order valence-corrected chi connectivity index (χ2v) is 12.9. The molecule has 0 saturated carbocycles. The maximum Gasteiger partial charge on any atom is 0.323 e. The Morgan fingerprint density at radius 2 is 1.71 bits per heavy atom. The molecule has 3 aromatic rings. The van der Waals surface area contributed by atoms with Gasteiger partial charge in [0, 0.05) is 23.6 Å². The van der Waals surface area contributed by atoms with Crippen molar-refractivity contribution < 1.29 is 22.7 Å². The minimum atomic E-state index is -3.94. The van der Waals surface area contributed by atoms with Crippen LogP contribution < -0.4 is 0 Å². The molecule has 0 unspecified atom stereocenters. The van der Waals surface area contributed by atoms with Gasteiger partial charge in [0.25, 0.3) is 0 Å². The average molecular weight is 515 g/mol. The summed E-state index contributed by atoms with van der Waals surface area (Å²) in [7, 11) is -1.91. The van der Waals surface area contributed by atoms with Crippen molar-refractivity contribution in [3.63, 3.8) is 0 Å². The van der Waals surface area contributed by atoms with Crippen LogP contribution in [0.15, 0.2) is 76.2 Å². The highest BCUT2D eigenvalue weighted by atomic mass is 32.2. The van der Waals surface area contributed by atoms with E-state index in [1.807, 2.05) is 31.3 Å². The summed E-state index contributed by atoms with van der Waals surface area (Å²) in [5.74, 6) is 0.343. The lowest BCUT2D eigenvalue weighted by atomic mass is 10.0. The molecule has 0 amide bonds. The third kappa shape index (κ3) is 5.64. The largest absolute Gasteiger partial charge is 0.480 e. The molecule has 186 valence electrons. The van der Waals surface area contributed by atoms with Gasteiger partial charge in [0.1, 0.15) is 11.8 Å². The number of furan rings is 1. The van der Waals surface area contributed by atoms with E-state index in [4.69, 9.17) is 4.42 Å². The van der Waals surface area contributed by atoms with Crippen LogP contribution in [-0.4, -0.2) is 58.8 Å². The molecule has 35 heavy (non-hydrogen) atoms. The molecule has 0 bridgehead atoms. The van der Waals surface area contributed by atoms with Crippen molar-refractivity contribution in [2.45, 2.75) is 42.6 Å². The van der Waals surface area contributed by atoms with Crippen LogP contribution in [-0.2, 0) is 27.9 Å². The van der Waals surface area contributed by atoms with Crippen LogP contribution in [0.1, 0.15) is 25.2 Å². The normalized spacial score (nSPS) is 18.6. The third-order valence-corrected chi connectivity index (χ3v) is 9.41. The lowest BCUT2D eigenvalue weighted by molar-refractivity contribution is -0.142. The van der Waals surface area contributed by atoms with Crippen molar-refractivity contribution in [2.75, 3.05) is 19.3 Å². The van der Waals surface area contributed by atoms with E-state index in [-0.39, 0.29) is 11.4 Å². The summed E-state index contributed by atoms with van der Waals surface area (Å²) < 4.78 is 32.5. The number of carboxylic acid groups (broad SMARTS) is 1. The summed E-state index contributed by atoms with van der Waals surface area (Å²) in [6.07, 6.45) is 1.67. The molecule has 1 aliphatic heterocycles. The Balaban J connectivity index is 1.48. The summed E-state index contributed by atoms with van der Waals surface area (Å²) in [5, 5.41) is 9.76. The second kappa shape index (κ2) is 10.2. The Kier molecular flexibility index (Phi) is 7.42. The zero-order valence-corrected chi connectivity index (χ0v) is 21.7. The van der Waals surface area contributed by atoms with Crippen LogP contribution in [0.4, 0.5) is 0 Å². The Hall–Kier alpha value is -2.59. The van der Waals surface area contributed by atoms with Gasteiger partial charge in [-0.2, -0.15) is 16.1 Å². The fourth-order valence-electron chi connectivity index (χ4n) is 4.43. The van der Waals surface area contributed by atoms with Gasteiger partial charge in [-0.15, -0.1) is 0 Å². The van der Waals surface area contributed by atoms with Gasteiger partial charge in [-0.05, 0) is 61.9 Å². The van der Waals surface area contributed by atoms with Crippen molar-refractivity contribution >= 4 is 27.8 Å². The van der Waals surface area contributed by atoms with Gasteiger partial charge in [-0.1, -0.05) is 36.4 Å². The number of hydrogen-bond acceptors (Lipinski definition) is 6. The summed E-state index contributed by atoms with van der Waals surface area (Å²) in [6.45, 7) is 5.22. The Morgan fingerprint density at radius 1 is 1.09 bits per heavy atom. The standard InChI is InChI=1S/C26H30N2O5S2/c1-26(2)24(25(29)30)28(14-16-34-26)35(31,32)23-12-10-21(11-13-23)20-8-6-19(7-9-20)17-27(3)18-22-5-4-15-33-22/h4-13,15,24H,14,16-18H2,1-3H3,(H,29,30)/t24-/m0/s1. The second-order valence-electron chi connectivity index (χ2n) is 9.28. The highest BCUT2D eigenvalue weighted by Gasteiger charge is 2.48. The molecule has 0 radical (unpaired) electrons. The molecular formula is C26H30N2O5S2. The Morgan fingerprint density at radius 3 is 2.29 bits per heavy atom. The van der Waals surface area contributed by atoms with Gasteiger partial charge in [0.15, 0.2) is 0 Å². The Labute approximate surface area is 210 Å². The molecule has 1 aromatic heterocycles. The van der Waals surface area contributed by atoms with Gasteiger partial charge in [0.05, 0.1) is 17.7 Å². The summed E-state index contributed by atoms with van der Waals surface area (Å²) in [6, 6.07) is 17.5. The molecule has 4 rings (SSSR count). The molecule has 2 aromatic carbocycles. The molecule has 2 heterocycles. The molecular weight excluding hydrogens is 484 g/mol. The molecule has 1 fully saturated rings. The molecule has 1 atom stereocenters. The molecule has 7 nitrogen and oxygen atoms in total. The number of hydrogen-bond donors (Lipinski definition) is 1. The fourth-order valence-corrected chi connectivity index (χ4v) is 7.52. The average Bonchev–Trinajstić information content (AvgIpc) is 3.31. The summed E-state index contributed by atoms with van der Waals surface area (Å²) in [5.41, 5.74) is 3.03. The van der Waals surface area contributed by atoms with Crippen molar-refractivity contribution in [3.05, 3.63) is 78.3 Å². The number of benzene rings is 2. The monoisotopic (exact) mass is 514 g/mol. The highest BCUT2D eigenvalue weighted by molar-refractivity contribution is 8.00. The van der Waals surface area contributed by atoms with Crippen LogP contribution in [0.2, 0.25) is 0 Å². The maximum absolute atomic E-state index is 13.3. The minimum Gasteiger partial charge on any atom is -0.480 e. The quantitative estimate of drug-likeness (QED) is 0.472. The topological polar surface area (TPSA) is 91.1 Å². The van der Waals surface area contributed by atoms with E-state index < -0.39 is 26.8 Å². The van der Waals surface area contributed by atoms with E-state index in [1.54, 1.807) is 44.4 Å². The Bertz CT molecular complexity index is 1250. The van der Waals surface area contributed by atoms with E-state index in [1.165, 1.54) is 11.8 Å². The van der Waals surface area contributed by atoms with Gasteiger partial charge < -0.3 is 9.52 Å². The molecule has 9 heteroatoms. The first-order chi connectivity index (χ1) is 16.6. The lowest BCUT2D eigenvalue weighted by Crippen LogP contribution is -2.58. The third-order valence-electron chi connectivity index (χ3n) is 6.17. The molecule has 0 aliphatic carbocycles. The number of sulfonamides is 1. The predicted octanol–water partition coefficient (Wildman–Crippen LogP) is 4.55. The first-order valence-corrected chi connectivity index (χ1v) is 13.8. The number of rotatable bonds is 8. The van der Waals surface area contributed by atoms with Gasteiger partial charge in [-0.3, -0.25) is 9.69 Å². The van der Waals surface area contributed by atoms with Crippen molar-refractivity contribution in [2.24, 2.45) is 0 Å². The van der Waals surface area contributed by atoms with E-state index >= 15 is 0 Å². The lowest BCUT2D eigenvalue weighted by Gasteiger charge is -2.42. The first kappa shape index (κ1) is 25.5. The van der Waals surface area contributed by atoms with Crippen LogP contribution >= 0.6 is 11.8 Å². The number of carboxylic acids is 1. The first-order valence-electron chi connectivity index (χ1n) is 11.4. The zero-order chi connectivity index (χ0) is 25.2. The zero-order valence-electron chi connectivity index (χ0n) is 20.0. The summed E-state index contributed by atoms with van der Waals surface area (Å²) in [4.78, 5) is 14.2. The number of aliphatic carboxylic acids is 1. The van der Waals surface area contributed by atoms with Crippen molar-refractivity contribution in [1.29, 1.82) is 0 Å². The van der Waals surface area contributed by atoms with Crippen LogP contribution in [0.3, 0.4) is 0 Å². The number of carbonyl (C=O) groups is 1.